The predicted octanol–water partition coefficient (Wildman–Crippen LogP) is 3.33. The minimum atomic E-state index is -0.807. The van der Waals surface area contributed by atoms with Gasteiger partial charge in [0.05, 0.1) is 5.69 Å². The molecule has 0 unspecified atom stereocenters. The molecule has 1 heterocycles. The molecule has 1 aromatic heterocycles. The van der Waals surface area contributed by atoms with Crippen LogP contribution in [0.25, 0.3) is 10.6 Å². The van der Waals surface area contributed by atoms with Gasteiger partial charge >= 0.3 is 5.97 Å². The fraction of sp³-hybridized carbons (Fsp3) is 0.214. The van der Waals surface area contributed by atoms with Crippen molar-refractivity contribution in [2.75, 3.05) is 0 Å². The first kappa shape index (κ1) is 14.2. The van der Waals surface area contributed by atoms with E-state index in [2.05, 4.69) is 4.98 Å². The molecule has 20 heavy (non-hydrogen) atoms. The Morgan fingerprint density at radius 1 is 1.45 bits per heavy atom. The molecule has 2 aromatic rings. The van der Waals surface area contributed by atoms with Crippen LogP contribution in [-0.2, 0) is 4.74 Å². The Labute approximate surface area is 119 Å². The van der Waals surface area contributed by atoms with E-state index >= 15 is 0 Å². The molecule has 0 amide bonds. The Bertz CT molecular complexity index is 673. The number of aryl methyl sites for hydroxylation is 1. The van der Waals surface area contributed by atoms with Crippen LogP contribution in [0.1, 0.15) is 22.3 Å². The summed E-state index contributed by atoms with van der Waals surface area (Å²) >= 11 is 1.16. The average molecular weight is 290 g/mol. The van der Waals surface area contributed by atoms with Crippen molar-refractivity contribution in [2.45, 2.75) is 20.0 Å². The highest BCUT2D eigenvalue weighted by molar-refractivity contribution is 7.17. The SMILES string of the molecule is Cc1nc(-c2ccc(F)cc2)sc1C(=O)O[C@@H](C)C#N. The van der Waals surface area contributed by atoms with Crippen molar-refractivity contribution >= 4 is 17.3 Å². The van der Waals surface area contributed by atoms with Gasteiger partial charge in [-0.2, -0.15) is 5.26 Å². The van der Waals surface area contributed by atoms with Gasteiger partial charge in [0.2, 0.25) is 0 Å². The number of ether oxygens (including phenoxy) is 1. The van der Waals surface area contributed by atoms with Crippen molar-refractivity contribution in [3.63, 3.8) is 0 Å². The molecule has 0 fully saturated rings. The molecule has 1 atom stereocenters. The van der Waals surface area contributed by atoms with Crippen LogP contribution >= 0.6 is 11.3 Å². The summed E-state index contributed by atoms with van der Waals surface area (Å²) in [5.41, 5.74) is 1.26. The lowest BCUT2D eigenvalue weighted by atomic mass is 10.2. The Hall–Kier alpha value is -2.26. The van der Waals surface area contributed by atoms with Crippen LogP contribution in [0.5, 0.6) is 0 Å². The number of carbonyl (C=O) groups is 1. The highest BCUT2D eigenvalue weighted by Crippen LogP contribution is 2.28. The lowest BCUT2D eigenvalue weighted by molar-refractivity contribution is 0.0440. The second-order valence-electron chi connectivity index (χ2n) is 4.12. The van der Waals surface area contributed by atoms with Crippen molar-refractivity contribution in [1.29, 1.82) is 5.26 Å². The van der Waals surface area contributed by atoms with E-state index in [0.29, 0.717) is 15.6 Å². The predicted molar refractivity (Wildman–Crippen MR) is 72.7 cm³/mol. The Kier molecular flexibility index (Phi) is 4.11. The van der Waals surface area contributed by atoms with Crippen LogP contribution in [0.4, 0.5) is 4.39 Å². The molecule has 0 saturated heterocycles. The normalized spacial score (nSPS) is 11.7. The molecule has 0 aliphatic carbocycles. The minimum Gasteiger partial charge on any atom is -0.443 e. The summed E-state index contributed by atoms with van der Waals surface area (Å²) in [4.78, 5) is 16.5. The first-order chi connectivity index (χ1) is 9.51. The largest absolute Gasteiger partial charge is 0.443 e. The van der Waals surface area contributed by atoms with Crippen LogP contribution in [0.3, 0.4) is 0 Å². The monoisotopic (exact) mass is 290 g/mol. The van der Waals surface area contributed by atoms with Gasteiger partial charge in [0.1, 0.15) is 21.8 Å². The maximum Gasteiger partial charge on any atom is 0.351 e. The Balaban J connectivity index is 2.28. The number of carbonyl (C=O) groups excluding carboxylic acids is 1. The molecule has 0 bridgehead atoms. The van der Waals surface area contributed by atoms with Gasteiger partial charge in [0, 0.05) is 5.56 Å². The molecule has 1 aromatic carbocycles. The number of halogens is 1. The molecule has 0 saturated carbocycles. The van der Waals surface area contributed by atoms with Crippen molar-refractivity contribution in [3.05, 3.63) is 40.7 Å². The number of aromatic nitrogens is 1. The molecule has 102 valence electrons. The molecule has 2 rings (SSSR count). The number of hydrogen-bond acceptors (Lipinski definition) is 5. The van der Waals surface area contributed by atoms with Crippen LogP contribution in [-0.4, -0.2) is 17.1 Å². The maximum absolute atomic E-state index is 12.9. The zero-order valence-electron chi connectivity index (χ0n) is 10.9. The lowest BCUT2D eigenvalue weighted by Gasteiger charge is -2.03. The first-order valence-corrected chi connectivity index (χ1v) is 6.67. The third-order valence-corrected chi connectivity index (χ3v) is 3.73. The van der Waals surface area contributed by atoms with Gasteiger partial charge in [-0.05, 0) is 38.1 Å². The molecule has 6 heteroatoms. The summed E-state index contributed by atoms with van der Waals surface area (Å²) in [7, 11) is 0. The van der Waals surface area contributed by atoms with E-state index in [1.807, 2.05) is 6.07 Å². The van der Waals surface area contributed by atoms with Gasteiger partial charge in [0.15, 0.2) is 6.10 Å². The molecule has 0 radical (unpaired) electrons. The molecule has 0 aliphatic rings. The molecular weight excluding hydrogens is 279 g/mol. The third-order valence-electron chi connectivity index (χ3n) is 2.54. The Morgan fingerprint density at radius 2 is 2.10 bits per heavy atom. The van der Waals surface area contributed by atoms with Gasteiger partial charge in [-0.3, -0.25) is 0 Å². The molecule has 0 aliphatic heterocycles. The number of nitrogens with zero attached hydrogens (tertiary/aromatic N) is 2. The molecule has 0 spiro atoms. The van der Waals surface area contributed by atoms with E-state index in [4.69, 9.17) is 10.00 Å². The van der Waals surface area contributed by atoms with E-state index in [9.17, 15) is 9.18 Å². The van der Waals surface area contributed by atoms with Crippen LogP contribution in [0.2, 0.25) is 0 Å². The van der Waals surface area contributed by atoms with Crippen molar-refractivity contribution < 1.29 is 13.9 Å². The quantitative estimate of drug-likeness (QED) is 0.813. The highest BCUT2D eigenvalue weighted by atomic mass is 32.1. The van der Waals surface area contributed by atoms with Crippen LogP contribution in [0, 0.1) is 24.1 Å². The molecule has 4 nitrogen and oxygen atoms in total. The van der Waals surface area contributed by atoms with E-state index in [1.54, 1.807) is 19.1 Å². The number of nitriles is 1. The zero-order valence-corrected chi connectivity index (χ0v) is 11.7. The summed E-state index contributed by atoms with van der Waals surface area (Å²) in [6, 6.07) is 7.70. The first-order valence-electron chi connectivity index (χ1n) is 5.85. The van der Waals surface area contributed by atoms with Crippen molar-refractivity contribution in [1.82, 2.24) is 4.98 Å². The summed E-state index contributed by atoms with van der Waals surface area (Å²) in [5, 5.41) is 9.24. The number of thiazole rings is 1. The van der Waals surface area contributed by atoms with Crippen LogP contribution in [0.15, 0.2) is 24.3 Å². The maximum atomic E-state index is 12.9. The zero-order chi connectivity index (χ0) is 14.7. The van der Waals surface area contributed by atoms with E-state index in [-0.39, 0.29) is 5.82 Å². The minimum absolute atomic E-state index is 0.329. The van der Waals surface area contributed by atoms with Gasteiger partial charge in [-0.15, -0.1) is 11.3 Å². The van der Waals surface area contributed by atoms with E-state index in [1.165, 1.54) is 19.1 Å². The number of rotatable bonds is 3. The van der Waals surface area contributed by atoms with Crippen molar-refractivity contribution in [3.8, 4) is 16.6 Å². The number of hydrogen-bond donors (Lipinski definition) is 0. The van der Waals surface area contributed by atoms with E-state index < -0.39 is 12.1 Å². The lowest BCUT2D eigenvalue weighted by Crippen LogP contribution is -2.12. The van der Waals surface area contributed by atoms with Gasteiger partial charge < -0.3 is 4.74 Å². The van der Waals surface area contributed by atoms with Crippen LogP contribution < -0.4 is 0 Å². The molecular formula is C14H11FN2O2S. The topological polar surface area (TPSA) is 63.0 Å². The number of esters is 1. The Morgan fingerprint density at radius 3 is 2.70 bits per heavy atom. The third kappa shape index (κ3) is 3.00. The van der Waals surface area contributed by atoms with Gasteiger partial charge in [-0.1, -0.05) is 0 Å². The van der Waals surface area contributed by atoms with Crippen molar-refractivity contribution in [2.24, 2.45) is 0 Å². The average Bonchev–Trinajstić information content (AvgIpc) is 2.81. The summed E-state index contributed by atoms with van der Waals surface area (Å²) < 4.78 is 17.8. The molecule has 0 N–H and O–H groups in total. The summed E-state index contributed by atoms with van der Waals surface area (Å²) in [6.45, 7) is 3.19. The standard InChI is InChI=1S/C14H11FN2O2S/c1-8(7-16)19-14(18)12-9(2)17-13(20-12)10-3-5-11(15)6-4-10/h3-6,8H,1-2H3/t8-/m0/s1. The second kappa shape index (κ2) is 5.80. The second-order valence-corrected chi connectivity index (χ2v) is 5.12. The van der Waals surface area contributed by atoms with E-state index in [0.717, 1.165) is 16.9 Å². The summed E-state index contributed by atoms with van der Waals surface area (Å²) in [6.07, 6.45) is -0.807. The fourth-order valence-corrected chi connectivity index (χ4v) is 2.50. The smallest absolute Gasteiger partial charge is 0.351 e. The van der Waals surface area contributed by atoms with Gasteiger partial charge in [0.25, 0.3) is 0 Å². The number of benzene rings is 1. The highest BCUT2D eigenvalue weighted by Gasteiger charge is 2.19. The fourth-order valence-electron chi connectivity index (χ4n) is 1.54. The van der Waals surface area contributed by atoms with Gasteiger partial charge in [-0.25, -0.2) is 14.2 Å². The summed E-state index contributed by atoms with van der Waals surface area (Å²) in [5.74, 6) is -0.896.